The summed E-state index contributed by atoms with van der Waals surface area (Å²) in [5.74, 6) is 1.21. The molecule has 3 heteroatoms. The van der Waals surface area contributed by atoms with Crippen molar-refractivity contribution in [3.8, 4) is 0 Å². The first-order valence-electron chi connectivity index (χ1n) is 6.70. The Kier molecular flexibility index (Phi) is 7.50. The normalized spacial score (nSPS) is 26.1. The van der Waals surface area contributed by atoms with Crippen molar-refractivity contribution < 1.29 is 0 Å². The third-order valence-electron chi connectivity index (χ3n) is 3.29. The second kappa shape index (κ2) is 8.37. The molecule has 1 saturated heterocycles. The van der Waals surface area contributed by atoms with Crippen LogP contribution in [0.15, 0.2) is 0 Å². The Morgan fingerprint density at radius 3 is 2.81 bits per heavy atom. The number of hydrogen-bond acceptors (Lipinski definition) is 3. The summed E-state index contributed by atoms with van der Waals surface area (Å²) in [5, 5.41) is 7.36. The third kappa shape index (κ3) is 6.12. The quantitative estimate of drug-likeness (QED) is 0.751. The van der Waals surface area contributed by atoms with Gasteiger partial charge in [0.25, 0.3) is 0 Å². The minimum Gasteiger partial charge on any atom is -0.314 e. The minimum absolute atomic E-state index is 0.635. The Morgan fingerprint density at radius 1 is 1.25 bits per heavy atom. The zero-order valence-corrected chi connectivity index (χ0v) is 11.9. The Labute approximate surface area is 105 Å². The van der Waals surface area contributed by atoms with Crippen LogP contribution >= 0.6 is 11.8 Å². The van der Waals surface area contributed by atoms with Gasteiger partial charge in [-0.15, -0.1) is 0 Å². The van der Waals surface area contributed by atoms with Crippen molar-refractivity contribution in [1.82, 2.24) is 10.6 Å². The summed E-state index contributed by atoms with van der Waals surface area (Å²) in [7, 11) is 0. The van der Waals surface area contributed by atoms with E-state index in [4.69, 9.17) is 0 Å². The Morgan fingerprint density at radius 2 is 2.06 bits per heavy atom. The number of nitrogens with one attached hydrogen (secondary N) is 2. The van der Waals surface area contributed by atoms with E-state index in [0.717, 1.165) is 6.04 Å². The van der Waals surface area contributed by atoms with Crippen molar-refractivity contribution in [2.45, 2.75) is 64.1 Å². The van der Waals surface area contributed by atoms with Crippen LogP contribution in [-0.4, -0.2) is 36.7 Å². The molecular weight excluding hydrogens is 216 g/mol. The van der Waals surface area contributed by atoms with Crippen molar-refractivity contribution in [2.75, 3.05) is 18.6 Å². The van der Waals surface area contributed by atoms with Gasteiger partial charge in [-0.3, -0.25) is 0 Å². The molecule has 0 aromatic heterocycles. The monoisotopic (exact) mass is 244 g/mol. The molecule has 0 amide bonds. The van der Waals surface area contributed by atoms with E-state index < -0.39 is 0 Å². The first-order chi connectivity index (χ1) is 7.72. The summed E-state index contributed by atoms with van der Waals surface area (Å²) in [6.07, 6.45) is 9.00. The van der Waals surface area contributed by atoms with Crippen LogP contribution in [-0.2, 0) is 0 Å². The lowest BCUT2D eigenvalue weighted by Gasteiger charge is -2.24. The van der Waals surface area contributed by atoms with E-state index in [1.807, 2.05) is 11.8 Å². The van der Waals surface area contributed by atoms with E-state index in [0.29, 0.717) is 12.1 Å². The second-order valence-corrected chi connectivity index (χ2v) is 6.07. The highest BCUT2D eigenvalue weighted by atomic mass is 32.2. The van der Waals surface area contributed by atoms with Gasteiger partial charge in [0.2, 0.25) is 0 Å². The van der Waals surface area contributed by atoms with Crippen LogP contribution in [0.1, 0.15) is 46.0 Å². The fourth-order valence-electron chi connectivity index (χ4n) is 2.58. The number of thioether (sulfide) groups is 1. The maximum atomic E-state index is 3.69. The van der Waals surface area contributed by atoms with Crippen LogP contribution in [0.2, 0.25) is 0 Å². The highest BCUT2D eigenvalue weighted by Crippen LogP contribution is 2.13. The first-order valence-corrected chi connectivity index (χ1v) is 8.10. The van der Waals surface area contributed by atoms with Crippen LogP contribution in [0.4, 0.5) is 0 Å². The lowest BCUT2D eigenvalue weighted by Crippen LogP contribution is -2.41. The van der Waals surface area contributed by atoms with E-state index in [2.05, 4.69) is 30.7 Å². The standard InChI is InChI=1S/C13H28N2S/c1-11(15-12(2)10-16-3)9-13-7-5-4-6-8-14-13/h11-15H,4-10H2,1-3H3. The highest BCUT2D eigenvalue weighted by molar-refractivity contribution is 7.98. The highest BCUT2D eigenvalue weighted by Gasteiger charge is 2.15. The van der Waals surface area contributed by atoms with Gasteiger partial charge in [-0.25, -0.2) is 0 Å². The van der Waals surface area contributed by atoms with Crippen molar-refractivity contribution in [1.29, 1.82) is 0 Å². The SMILES string of the molecule is CSCC(C)NC(C)CC1CCCCCN1. The molecule has 1 aliphatic heterocycles. The predicted molar refractivity (Wildman–Crippen MR) is 75.3 cm³/mol. The predicted octanol–water partition coefficient (Wildman–Crippen LogP) is 2.64. The van der Waals surface area contributed by atoms with Crippen molar-refractivity contribution in [2.24, 2.45) is 0 Å². The van der Waals surface area contributed by atoms with Crippen molar-refractivity contribution in [3.63, 3.8) is 0 Å². The van der Waals surface area contributed by atoms with E-state index in [9.17, 15) is 0 Å². The molecule has 96 valence electrons. The molecule has 3 unspecified atom stereocenters. The summed E-state index contributed by atoms with van der Waals surface area (Å²) >= 11 is 1.92. The van der Waals surface area contributed by atoms with Gasteiger partial charge >= 0.3 is 0 Å². The van der Waals surface area contributed by atoms with Gasteiger partial charge in [0.15, 0.2) is 0 Å². The maximum Gasteiger partial charge on any atom is 0.0132 e. The van der Waals surface area contributed by atoms with Crippen LogP contribution in [0.3, 0.4) is 0 Å². The molecule has 0 bridgehead atoms. The molecule has 0 spiro atoms. The largest absolute Gasteiger partial charge is 0.314 e. The molecule has 0 aromatic rings. The minimum atomic E-state index is 0.635. The van der Waals surface area contributed by atoms with Crippen molar-refractivity contribution in [3.05, 3.63) is 0 Å². The molecule has 0 saturated carbocycles. The molecule has 3 atom stereocenters. The molecule has 16 heavy (non-hydrogen) atoms. The molecule has 0 aliphatic carbocycles. The number of hydrogen-bond donors (Lipinski definition) is 2. The van der Waals surface area contributed by atoms with Crippen LogP contribution in [0, 0.1) is 0 Å². The molecule has 1 aliphatic rings. The molecular formula is C13H28N2S. The Hall–Kier alpha value is 0.270. The van der Waals surface area contributed by atoms with Gasteiger partial charge in [-0.2, -0.15) is 11.8 Å². The smallest absolute Gasteiger partial charge is 0.0132 e. The summed E-state index contributed by atoms with van der Waals surface area (Å²) in [4.78, 5) is 0. The first kappa shape index (κ1) is 14.3. The van der Waals surface area contributed by atoms with Crippen LogP contribution in [0.5, 0.6) is 0 Å². The van der Waals surface area contributed by atoms with Crippen LogP contribution in [0.25, 0.3) is 0 Å². The Bertz CT molecular complexity index is 167. The van der Waals surface area contributed by atoms with E-state index >= 15 is 0 Å². The van der Waals surface area contributed by atoms with E-state index in [1.54, 1.807) is 0 Å². The molecule has 1 rings (SSSR count). The van der Waals surface area contributed by atoms with Gasteiger partial charge in [-0.1, -0.05) is 12.8 Å². The fourth-order valence-corrected chi connectivity index (χ4v) is 3.18. The lowest BCUT2D eigenvalue weighted by molar-refractivity contribution is 0.386. The van der Waals surface area contributed by atoms with Gasteiger partial charge in [0.05, 0.1) is 0 Å². The van der Waals surface area contributed by atoms with Gasteiger partial charge in [0, 0.05) is 23.9 Å². The Balaban J connectivity index is 2.18. The summed E-state index contributed by atoms with van der Waals surface area (Å²) in [5.41, 5.74) is 0. The van der Waals surface area contributed by atoms with Crippen molar-refractivity contribution >= 4 is 11.8 Å². The summed E-state index contributed by atoms with van der Waals surface area (Å²) in [6.45, 7) is 5.83. The zero-order valence-electron chi connectivity index (χ0n) is 11.1. The topological polar surface area (TPSA) is 24.1 Å². The third-order valence-corrected chi connectivity index (χ3v) is 4.12. The van der Waals surface area contributed by atoms with E-state index in [-0.39, 0.29) is 0 Å². The lowest BCUT2D eigenvalue weighted by atomic mass is 10.0. The van der Waals surface area contributed by atoms with Crippen LogP contribution < -0.4 is 10.6 Å². The van der Waals surface area contributed by atoms with Gasteiger partial charge < -0.3 is 10.6 Å². The number of rotatable bonds is 6. The molecule has 1 fully saturated rings. The maximum absolute atomic E-state index is 3.69. The summed E-state index contributed by atoms with van der Waals surface area (Å²) < 4.78 is 0. The molecule has 0 aromatic carbocycles. The molecule has 0 radical (unpaired) electrons. The van der Waals surface area contributed by atoms with Gasteiger partial charge in [0.1, 0.15) is 0 Å². The van der Waals surface area contributed by atoms with Gasteiger partial charge in [-0.05, 0) is 45.9 Å². The average Bonchev–Trinajstić information content (AvgIpc) is 2.46. The van der Waals surface area contributed by atoms with E-state index in [1.165, 1.54) is 44.4 Å². The molecule has 2 N–H and O–H groups in total. The average molecular weight is 244 g/mol. The molecule has 2 nitrogen and oxygen atoms in total. The summed E-state index contributed by atoms with van der Waals surface area (Å²) in [6, 6.07) is 2.01. The second-order valence-electron chi connectivity index (χ2n) is 5.16. The molecule has 1 heterocycles. The zero-order chi connectivity index (χ0) is 11.8. The fraction of sp³-hybridized carbons (Fsp3) is 1.00.